The predicted molar refractivity (Wildman–Crippen MR) is 146 cm³/mol. The molecule has 0 amide bonds. The summed E-state index contributed by atoms with van der Waals surface area (Å²) < 4.78 is 0. The average Bonchev–Trinajstić information content (AvgIpc) is 3.13. The molecule has 2 saturated carbocycles. The molecule has 0 aromatic rings. The van der Waals surface area contributed by atoms with E-state index in [0.717, 1.165) is 17.8 Å². The van der Waals surface area contributed by atoms with Crippen molar-refractivity contribution in [3.05, 3.63) is 23.3 Å². The van der Waals surface area contributed by atoms with Crippen LogP contribution in [-0.2, 0) is 0 Å². The van der Waals surface area contributed by atoms with Gasteiger partial charge < -0.3 is 5.11 Å². The Bertz CT molecular complexity index is 572. The summed E-state index contributed by atoms with van der Waals surface area (Å²) in [7, 11) is 0. The third-order valence-corrected chi connectivity index (χ3v) is 8.09. The summed E-state index contributed by atoms with van der Waals surface area (Å²) in [4.78, 5) is 0. The zero-order valence-corrected chi connectivity index (χ0v) is 24.2. The Morgan fingerprint density at radius 2 is 1.50 bits per heavy atom. The summed E-state index contributed by atoms with van der Waals surface area (Å²) in [6.07, 6.45) is 18.1. The molecule has 0 aromatic heterocycles. The molecule has 4 aliphatic rings. The van der Waals surface area contributed by atoms with Crippen LogP contribution < -0.4 is 0 Å². The molecule has 1 nitrogen and oxygen atoms in total. The van der Waals surface area contributed by atoms with Gasteiger partial charge >= 0.3 is 0 Å². The molecular weight excluding hydrogens is 388 g/mol. The molecule has 32 heavy (non-hydrogen) atoms. The fraction of sp³-hybridized carbons (Fsp3) is 0.871. The van der Waals surface area contributed by atoms with Crippen LogP contribution >= 0.6 is 0 Å². The number of fused-ring (bicyclic) bond motifs is 5. The van der Waals surface area contributed by atoms with Crippen molar-refractivity contribution in [1.82, 2.24) is 0 Å². The van der Waals surface area contributed by atoms with E-state index in [0.29, 0.717) is 10.8 Å². The summed E-state index contributed by atoms with van der Waals surface area (Å²) in [6.45, 7) is 24.8. The first-order valence-electron chi connectivity index (χ1n) is 14.2. The lowest BCUT2D eigenvalue weighted by atomic mass is 9.51. The van der Waals surface area contributed by atoms with Crippen molar-refractivity contribution < 1.29 is 5.11 Å². The van der Waals surface area contributed by atoms with Crippen LogP contribution in [-0.4, -0.2) is 10.7 Å². The molecule has 0 saturated heterocycles. The van der Waals surface area contributed by atoms with E-state index in [4.69, 9.17) is 5.11 Å². The summed E-state index contributed by atoms with van der Waals surface area (Å²) in [5, 5.41) is 8.52. The highest BCUT2D eigenvalue weighted by atomic mass is 16.3. The van der Waals surface area contributed by atoms with Gasteiger partial charge in [0.25, 0.3) is 0 Å². The Kier molecular flexibility index (Phi) is 13.7. The van der Waals surface area contributed by atoms with Gasteiger partial charge in [-0.05, 0) is 95.3 Å². The first-order valence-corrected chi connectivity index (χ1v) is 14.2. The molecule has 0 aliphatic heterocycles. The van der Waals surface area contributed by atoms with Gasteiger partial charge in [0.05, 0.1) is 5.60 Å². The Hall–Kier alpha value is -0.560. The van der Waals surface area contributed by atoms with Crippen molar-refractivity contribution in [1.29, 1.82) is 0 Å². The molecule has 5 atom stereocenters. The van der Waals surface area contributed by atoms with Gasteiger partial charge in [0, 0.05) is 5.41 Å². The Morgan fingerprint density at radius 1 is 0.938 bits per heavy atom. The molecule has 0 aromatic carbocycles. The molecule has 0 heterocycles. The number of hydrogen-bond donors (Lipinski definition) is 1. The van der Waals surface area contributed by atoms with Crippen molar-refractivity contribution in [3.63, 3.8) is 0 Å². The van der Waals surface area contributed by atoms with Crippen LogP contribution in [0, 0.1) is 28.6 Å². The number of aliphatic hydroxyl groups is 1. The third kappa shape index (κ3) is 7.22. The van der Waals surface area contributed by atoms with Crippen molar-refractivity contribution in [2.45, 2.75) is 146 Å². The summed E-state index contributed by atoms with van der Waals surface area (Å²) in [5.41, 5.74) is 4.24. The van der Waals surface area contributed by atoms with Gasteiger partial charge in [-0.2, -0.15) is 0 Å². The maximum Gasteiger partial charge on any atom is 0.0563 e. The fourth-order valence-electron chi connectivity index (χ4n) is 6.82. The molecule has 0 radical (unpaired) electrons. The van der Waals surface area contributed by atoms with E-state index < -0.39 is 5.60 Å². The van der Waals surface area contributed by atoms with Gasteiger partial charge in [-0.1, -0.05) is 92.0 Å². The smallest absolute Gasteiger partial charge is 0.0563 e. The van der Waals surface area contributed by atoms with E-state index >= 15 is 0 Å². The van der Waals surface area contributed by atoms with Crippen molar-refractivity contribution in [3.8, 4) is 0 Å². The van der Waals surface area contributed by atoms with Crippen molar-refractivity contribution >= 4 is 0 Å². The van der Waals surface area contributed by atoms with Gasteiger partial charge in [-0.3, -0.25) is 0 Å². The molecule has 4 rings (SSSR count). The zero-order chi connectivity index (χ0) is 25.2. The minimum absolute atomic E-state index is 0.451. The SMILES string of the molecule is CC.CC.CC.CC(C)(C)O.CCC1CCC2C3CCC4=CCCCC4(C)C3=CCC12C. The van der Waals surface area contributed by atoms with E-state index in [-0.39, 0.29) is 0 Å². The molecule has 0 bridgehead atoms. The first-order chi connectivity index (χ1) is 15.1. The van der Waals surface area contributed by atoms with Crippen LogP contribution in [0.25, 0.3) is 0 Å². The molecule has 190 valence electrons. The second-order valence-corrected chi connectivity index (χ2v) is 10.9. The summed E-state index contributed by atoms with van der Waals surface area (Å²) in [6, 6.07) is 0. The molecular formula is C31H60O. The van der Waals surface area contributed by atoms with E-state index in [9.17, 15) is 0 Å². The largest absolute Gasteiger partial charge is 0.391 e. The minimum atomic E-state index is -0.500. The molecule has 1 N–H and O–H groups in total. The lowest BCUT2D eigenvalue weighted by Gasteiger charge is -2.53. The normalized spacial score (nSPS) is 34.5. The van der Waals surface area contributed by atoms with Crippen LogP contribution in [0.3, 0.4) is 0 Å². The zero-order valence-electron chi connectivity index (χ0n) is 24.2. The Morgan fingerprint density at radius 3 is 2.03 bits per heavy atom. The summed E-state index contributed by atoms with van der Waals surface area (Å²) >= 11 is 0. The second-order valence-electron chi connectivity index (χ2n) is 10.9. The highest BCUT2D eigenvalue weighted by Gasteiger charge is 2.54. The molecule has 4 aliphatic carbocycles. The lowest BCUT2D eigenvalue weighted by Crippen LogP contribution is -2.43. The van der Waals surface area contributed by atoms with Gasteiger partial charge in [0.2, 0.25) is 0 Å². The lowest BCUT2D eigenvalue weighted by molar-refractivity contribution is 0.0827. The van der Waals surface area contributed by atoms with E-state index in [1.807, 2.05) is 47.1 Å². The average molecular weight is 449 g/mol. The summed E-state index contributed by atoms with van der Waals surface area (Å²) in [5.74, 6) is 2.89. The van der Waals surface area contributed by atoms with E-state index in [2.05, 4.69) is 32.9 Å². The van der Waals surface area contributed by atoms with Gasteiger partial charge in [-0.15, -0.1) is 0 Å². The number of hydrogen-bond acceptors (Lipinski definition) is 1. The molecule has 0 spiro atoms. The third-order valence-electron chi connectivity index (χ3n) is 8.09. The standard InChI is InChI=1S/C21H32.C4H10O.3C2H6/c1-4-15-9-11-18-17-10-8-16-7-5-6-13-20(16,2)19(17)12-14-21(15,18)3;1-4(2,3)5;3*1-2/h7,12,15,17-18H,4-6,8-11,13-14H2,1-3H3;5H,1-3H3;3*1-2H3. The van der Waals surface area contributed by atoms with Crippen LogP contribution in [0.5, 0.6) is 0 Å². The maximum atomic E-state index is 8.52. The second kappa shape index (κ2) is 14.0. The topological polar surface area (TPSA) is 20.2 Å². The van der Waals surface area contributed by atoms with Crippen molar-refractivity contribution in [2.24, 2.45) is 28.6 Å². The van der Waals surface area contributed by atoms with Crippen LogP contribution in [0.2, 0.25) is 0 Å². The quantitative estimate of drug-likeness (QED) is 0.395. The molecule has 2 fully saturated rings. The van der Waals surface area contributed by atoms with Crippen LogP contribution in [0.4, 0.5) is 0 Å². The van der Waals surface area contributed by atoms with E-state index in [1.54, 1.807) is 26.3 Å². The van der Waals surface area contributed by atoms with Crippen LogP contribution in [0.15, 0.2) is 23.3 Å². The fourth-order valence-corrected chi connectivity index (χ4v) is 6.82. The monoisotopic (exact) mass is 448 g/mol. The van der Waals surface area contributed by atoms with Gasteiger partial charge in [0.1, 0.15) is 0 Å². The molecule has 5 unspecified atom stereocenters. The maximum absolute atomic E-state index is 8.52. The van der Waals surface area contributed by atoms with E-state index in [1.165, 1.54) is 57.8 Å². The van der Waals surface area contributed by atoms with Gasteiger partial charge in [0.15, 0.2) is 0 Å². The molecule has 1 heteroatoms. The number of rotatable bonds is 1. The van der Waals surface area contributed by atoms with Gasteiger partial charge in [-0.25, -0.2) is 0 Å². The first kappa shape index (κ1) is 31.4. The minimum Gasteiger partial charge on any atom is -0.391 e. The van der Waals surface area contributed by atoms with Crippen molar-refractivity contribution in [2.75, 3.05) is 0 Å². The Balaban J connectivity index is 0.000000753. The van der Waals surface area contributed by atoms with Crippen LogP contribution in [0.1, 0.15) is 141 Å². The highest BCUT2D eigenvalue weighted by molar-refractivity contribution is 5.38. The predicted octanol–water partition coefficient (Wildman–Crippen LogP) is 10.1. The highest BCUT2D eigenvalue weighted by Crippen LogP contribution is 2.64. The Labute approximate surface area is 203 Å². The number of allylic oxidation sites excluding steroid dienone is 4.